The molecule has 3 amide bonds. The monoisotopic (exact) mass is 278 g/mol. The van der Waals surface area contributed by atoms with E-state index >= 15 is 0 Å². The first-order chi connectivity index (χ1) is 9.08. The van der Waals surface area contributed by atoms with Crippen LogP contribution in [0.1, 0.15) is 19.8 Å². The van der Waals surface area contributed by atoms with Crippen LogP contribution in [0.3, 0.4) is 0 Å². The quantitative estimate of drug-likeness (QED) is 0.741. The fraction of sp³-hybridized carbons (Fsp3) is 0.429. The number of imide groups is 1. The Morgan fingerprint density at radius 3 is 2.58 bits per heavy atom. The number of amides is 3. The second-order valence-electron chi connectivity index (χ2n) is 5.27. The molecule has 19 heavy (non-hydrogen) atoms. The zero-order valence-corrected chi connectivity index (χ0v) is 11.4. The number of benzene rings is 1. The molecule has 0 bridgehead atoms. The Morgan fingerprint density at radius 2 is 1.89 bits per heavy atom. The van der Waals surface area contributed by atoms with Crippen LogP contribution in [0.4, 0.5) is 10.5 Å². The Hall–Kier alpha value is -1.55. The molecule has 1 aromatic carbocycles. The number of halogens is 1. The number of anilines is 1. The molecule has 100 valence electrons. The molecule has 2 heterocycles. The highest BCUT2D eigenvalue weighted by atomic mass is 35.5. The van der Waals surface area contributed by atoms with Crippen LogP contribution in [0, 0.1) is 5.92 Å². The molecule has 2 aliphatic heterocycles. The Bertz CT molecular complexity index is 529. The number of rotatable bonds is 1. The maximum absolute atomic E-state index is 12.4. The van der Waals surface area contributed by atoms with E-state index in [0.29, 0.717) is 23.2 Å². The second kappa shape index (κ2) is 4.53. The number of carbonyl (C=O) groups is 2. The average Bonchev–Trinajstić information content (AvgIpc) is 2.63. The third-order valence-electron chi connectivity index (χ3n) is 3.89. The van der Waals surface area contributed by atoms with Crippen molar-refractivity contribution >= 4 is 29.2 Å². The van der Waals surface area contributed by atoms with Crippen molar-refractivity contribution in [2.75, 3.05) is 11.4 Å². The number of fused-ring (bicyclic) bond motifs is 1. The molecule has 2 atom stereocenters. The van der Waals surface area contributed by atoms with Gasteiger partial charge in [-0.1, -0.05) is 18.5 Å². The van der Waals surface area contributed by atoms with Gasteiger partial charge in [-0.3, -0.25) is 4.79 Å². The highest BCUT2D eigenvalue weighted by Gasteiger charge is 2.47. The van der Waals surface area contributed by atoms with Gasteiger partial charge in [0.15, 0.2) is 0 Å². The fourth-order valence-electron chi connectivity index (χ4n) is 2.80. The van der Waals surface area contributed by atoms with E-state index in [1.54, 1.807) is 29.2 Å². The highest BCUT2D eigenvalue weighted by molar-refractivity contribution is 6.30. The molecule has 0 aliphatic carbocycles. The molecule has 0 spiro atoms. The normalized spacial score (nSPS) is 26.8. The zero-order valence-electron chi connectivity index (χ0n) is 10.7. The van der Waals surface area contributed by atoms with Gasteiger partial charge in [-0.2, -0.15) is 0 Å². The number of nitrogens with zero attached hydrogens (tertiary/aromatic N) is 2. The van der Waals surface area contributed by atoms with E-state index in [0.717, 1.165) is 12.8 Å². The minimum absolute atomic E-state index is 0.112. The molecule has 5 heteroatoms. The molecule has 2 saturated heterocycles. The Labute approximate surface area is 116 Å². The predicted molar refractivity (Wildman–Crippen MR) is 73.2 cm³/mol. The van der Waals surface area contributed by atoms with Gasteiger partial charge in [-0.05, 0) is 43.0 Å². The summed E-state index contributed by atoms with van der Waals surface area (Å²) in [6.07, 6.45) is 1.72. The maximum atomic E-state index is 12.4. The first-order valence-electron chi connectivity index (χ1n) is 6.48. The van der Waals surface area contributed by atoms with Gasteiger partial charge in [-0.25, -0.2) is 9.69 Å². The molecular weight excluding hydrogens is 264 g/mol. The largest absolute Gasteiger partial charge is 0.332 e. The van der Waals surface area contributed by atoms with Crippen LogP contribution < -0.4 is 4.90 Å². The van der Waals surface area contributed by atoms with Gasteiger partial charge >= 0.3 is 6.03 Å². The molecule has 0 saturated carbocycles. The third-order valence-corrected chi connectivity index (χ3v) is 4.14. The summed E-state index contributed by atoms with van der Waals surface area (Å²) in [7, 11) is 0. The van der Waals surface area contributed by atoms with Gasteiger partial charge in [0.25, 0.3) is 5.91 Å². The molecule has 4 nitrogen and oxygen atoms in total. The first kappa shape index (κ1) is 12.5. The summed E-state index contributed by atoms with van der Waals surface area (Å²) in [6, 6.07) is 6.31. The lowest BCUT2D eigenvalue weighted by molar-refractivity contribution is -0.120. The minimum Gasteiger partial charge on any atom is -0.312 e. The maximum Gasteiger partial charge on any atom is 0.332 e. The summed E-state index contributed by atoms with van der Waals surface area (Å²) in [5, 5.41) is 0.592. The van der Waals surface area contributed by atoms with Crippen LogP contribution in [0.25, 0.3) is 0 Å². The Morgan fingerprint density at radius 1 is 1.21 bits per heavy atom. The van der Waals surface area contributed by atoms with E-state index < -0.39 is 0 Å². The SMILES string of the molecule is CC1CCN2C(=O)N(c3ccc(Cl)cc3)C(=O)C2C1. The summed E-state index contributed by atoms with van der Waals surface area (Å²) < 4.78 is 0. The minimum atomic E-state index is -0.285. The average molecular weight is 279 g/mol. The van der Waals surface area contributed by atoms with E-state index in [2.05, 4.69) is 6.92 Å². The molecule has 2 aliphatic rings. The van der Waals surface area contributed by atoms with Crippen LogP contribution in [-0.2, 0) is 4.79 Å². The standard InChI is InChI=1S/C14H15ClN2O2/c1-9-6-7-16-12(8-9)13(18)17(14(16)19)11-4-2-10(15)3-5-11/h2-5,9,12H,6-8H2,1H3. The van der Waals surface area contributed by atoms with E-state index in [4.69, 9.17) is 11.6 Å². The van der Waals surface area contributed by atoms with E-state index in [1.807, 2.05) is 0 Å². The molecule has 2 unspecified atom stereocenters. The molecule has 0 aromatic heterocycles. The lowest BCUT2D eigenvalue weighted by Crippen LogP contribution is -2.41. The predicted octanol–water partition coefficient (Wildman–Crippen LogP) is 2.91. The summed E-state index contributed by atoms with van der Waals surface area (Å²) in [6.45, 7) is 2.79. The fourth-order valence-corrected chi connectivity index (χ4v) is 2.93. The van der Waals surface area contributed by atoms with Crippen LogP contribution in [0.2, 0.25) is 5.02 Å². The van der Waals surface area contributed by atoms with Crippen molar-refractivity contribution in [2.24, 2.45) is 5.92 Å². The van der Waals surface area contributed by atoms with Gasteiger partial charge in [-0.15, -0.1) is 0 Å². The number of hydrogen-bond acceptors (Lipinski definition) is 2. The Balaban J connectivity index is 1.93. The topological polar surface area (TPSA) is 40.6 Å². The summed E-state index contributed by atoms with van der Waals surface area (Å²) >= 11 is 5.83. The van der Waals surface area contributed by atoms with Crippen molar-refractivity contribution in [1.82, 2.24) is 4.90 Å². The first-order valence-corrected chi connectivity index (χ1v) is 6.86. The molecule has 3 rings (SSSR count). The van der Waals surface area contributed by atoms with Crippen LogP contribution in [0.15, 0.2) is 24.3 Å². The third kappa shape index (κ3) is 2.00. The van der Waals surface area contributed by atoms with Gasteiger partial charge in [0.2, 0.25) is 0 Å². The number of hydrogen-bond donors (Lipinski definition) is 0. The van der Waals surface area contributed by atoms with Crippen LogP contribution in [0.5, 0.6) is 0 Å². The van der Waals surface area contributed by atoms with Crippen LogP contribution >= 0.6 is 11.6 Å². The summed E-state index contributed by atoms with van der Waals surface area (Å²) in [5.41, 5.74) is 0.599. The van der Waals surface area contributed by atoms with Gasteiger partial charge in [0, 0.05) is 11.6 Å². The van der Waals surface area contributed by atoms with Crippen molar-refractivity contribution in [3.8, 4) is 0 Å². The van der Waals surface area contributed by atoms with Crippen molar-refractivity contribution in [3.63, 3.8) is 0 Å². The second-order valence-corrected chi connectivity index (χ2v) is 5.71. The lowest BCUT2D eigenvalue weighted by atomic mass is 9.93. The molecule has 0 radical (unpaired) electrons. The van der Waals surface area contributed by atoms with E-state index in [-0.39, 0.29) is 18.0 Å². The molecule has 2 fully saturated rings. The van der Waals surface area contributed by atoms with Gasteiger partial charge in [0.05, 0.1) is 5.69 Å². The zero-order chi connectivity index (χ0) is 13.6. The van der Waals surface area contributed by atoms with Crippen molar-refractivity contribution in [2.45, 2.75) is 25.8 Å². The van der Waals surface area contributed by atoms with Gasteiger partial charge in [0.1, 0.15) is 6.04 Å². The highest BCUT2D eigenvalue weighted by Crippen LogP contribution is 2.33. The van der Waals surface area contributed by atoms with E-state index in [1.165, 1.54) is 4.90 Å². The molecule has 1 aromatic rings. The molecular formula is C14H15ClN2O2. The van der Waals surface area contributed by atoms with Crippen molar-refractivity contribution < 1.29 is 9.59 Å². The molecule has 0 N–H and O–H groups in total. The smallest absolute Gasteiger partial charge is 0.312 e. The van der Waals surface area contributed by atoms with E-state index in [9.17, 15) is 9.59 Å². The van der Waals surface area contributed by atoms with Crippen molar-refractivity contribution in [1.29, 1.82) is 0 Å². The Kier molecular flexibility index (Phi) is 2.97. The summed E-state index contributed by atoms with van der Waals surface area (Å²) in [4.78, 5) is 27.7. The lowest BCUT2D eigenvalue weighted by Gasteiger charge is -2.30. The number of carbonyl (C=O) groups excluding carboxylic acids is 2. The number of urea groups is 1. The van der Waals surface area contributed by atoms with Crippen molar-refractivity contribution in [3.05, 3.63) is 29.3 Å². The van der Waals surface area contributed by atoms with Gasteiger partial charge < -0.3 is 4.90 Å². The van der Waals surface area contributed by atoms with Crippen LogP contribution in [-0.4, -0.2) is 29.4 Å². The summed E-state index contributed by atoms with van der Waals surface area (Å²) in [5.74, 6) is 0.377. The number of piperidine rings is 1.